The van der Waals surface area contributed by atoms with Crippen LogP contribution in [0.3, 0.4) is 0 Å². The lowest BCUT2D eigenvalue weighted by molar-refractivity contribution is -0.136. The molecule has 15 heavy (non-hydrogen) atoms. The number of hydrogen-bond donors (Lipinski definition) is 1. The molecule has 0 unspecified atom stereocenters. The average molecular weight is 201 g/mol. The molecule has 0 saturated heterocycles. The van der Waals surface area contributed by atoms with Crippen molar-refractivity contribution in [2.24, 2.45) is 0 Å². The number of para-hydroxylation sites is 1. The van der Waals surface area contributed by atoms with Gasteiger partial charge in [-0.2, -0.15) is 0 Å². The molecule has 1 heterocycles. The number of fused-ring (bicyclic) bond motifs is 1. The fourth-order valence-corrected chi connectivity index (χ4v) is 1.63. The number of carbonyl (C=O) groups is 1. The summed E-state index contributed by atoms with van der Waals surface area (Å²) in [7, 11) is 0. The van der Waals surface area contributed by atoms with Crippen LogP contribution in [0.4, 0.5) is 0 Å². The molecule has 0 saturated carbocycles. The highest BCUT2D eigenvalue weighted by Crippen LogP contribution is 2.16. The summed E-state index contributed by atoms with van der Waals surface area (Å²) in [4.78, 5) is 14.8. The lowest BCUT2D eigenvalue weighted by Crippen LogP contribution is -2.00. The van der Waals surface area contributed by atoms with Crippen LogP contribution in [-0.2, 0) is 11.2 Å². The van der Waals surface area contributed by atoms with Gasteiger partial charge in [-0.25, -0.2) is 0 Å². The van der Waals surface area contributed by atoms with Crippen molar-refractivity contribution in [1.82, 2.24) is 4.98 Å². The third-order valence-electron chi connectivity index (χ3n) is 2.32. The minimum atomic E-state index is -0.830. The first-order chi connectivity index (χ1) is 7.16. The predicted molar refractivity (Wildman–Crippen MR) is 57.8 cm³/mol. The highest BCUT2D eigenvalue weighted by atomic mass is 16.4. The van der Waals surface area contributed by atoms with Crippen LogP contribution < -0.4 is 0 Å². The molecular weight excluding hydrogens is 190 g/mol. The summed E-state index contributed by atoms with van der Waals surface area (Å²) in [5.74, 6) is -0.830. The van der Waals surface area contributed by atoms with E-state index in [4.69, 9.17) is 5.11 Å². The highest BCUT2D eigenvalue weighted by molar-refractivity contribution is 5.83. The molecule has 2 aromatic rings. The zero-order valence-electron chi connectivity index (χ0n) is 8.40. The second-order valence-corrected chi connectivity index (χ2v) is 3.56. The summed E-state index contributed by atoms with van der Waals surface area (Å²) >= 11 is 0. The first-order valence-electron chi connectivity index (χ1n) is 4.73. The standard InChI is InChI=1S/C12H11NO2/c1-8-3-2-4-10-5-9(6-11(14)15)7-13-12(8)10/h2-5,7H,6H2,1H3,(H,14,15). The van der Waals surface area contributed by atoms with E-state index in [1.807, 2.05) is 31.2 Å². The Morgan fingerprint density at radius 3 is 3.00 bits per heavy atom. The van der Waals surface area contributed by atoms with Gasteiger partial charge in [0.2, 0.25) is 0 Å². The second kappa shape index (κ2) is 3.69. The SMILES string of the molecule is Cc1cccc2cc(CC(=O)O)cnc12. The number of rotatable bonds is 2. The summed E-state index contributed by atoms with van der Waals surface area (Å²) in [6, 6.07) is 7.76. The molecule has 0 aliphatic carbocycles. The molecular formula is C12H11NO2. The number of aromatic nitrogens is 1. The van der Waals surface area contributed by atoms with Gasteiger partial charge in [0, 0.05) is 11.6 Å². The van der Waals surface area contributed by atoms with Gasteiger partial charge in [-0.1, -0.05) is 18.2 Å². The van der Waals surface area contributed by atoms with Gasteiger partial charge in [-0.3, -0.25) is 9.78 Å². The Bertz CT molecular complexity index is 520. The van der Waals surface area contributed by atoms with Gasteiger partial charge in [-0.15, -0.1) is 0 Å². The Balaban J connectivity index is 2.52. The van der Waals surface area contributed by atoms with Gasteiger partial charge < -0.3 is 5.11 Å². The molecule has 0 radical (unpaired) electrons. The number of nitrogens with zero attached hydrogens (tertiary/aromatic N) is 1. The Hall–Kier alpha value is -1.90. The topological polar surface area (TPSA) is 50.2 Å². The number of carboxylic acids is 1. The molecule has 0 bridgehead atoms. The fourth-order valence-electron chi connectivity index (χ4n) is 1.63. The maximum atomic E-state index is 10.5. The van der Waals surface area contributed by atoms with Crippen LogP contribution in [0, 0.1) is 6.92 Å². The van der Waals surface area contributed by atoms with E-state index in [-0.39, 0.29) is 6.42 Å². The van der Waals surface area contributed by atoms with E-state index < -0.39 is 5.97 Å². The van der Waals surface area contributed by atoms with Crippen LogP contribution >= 0.6 is 0 Å². The van der Waals surface area contributed by atoms with Crippen molar-refractivity contribution >= 4 is 16.9 Å². The van der Waals surface area contributed by atoms with E-state index in [0.717, 1.165) is 22.0 Å². The van der Waals surface area contributed by atoms with Gasteiger partial charge in [0.25, 0.3) is 0 Å². The molecule has 3 heteroatoms. The first kappa shape index (κ1) is 9.65. The van der Waals surface area contributed by atoms with E-state index in [2.05, 4.69) is 4.98 Å². The molecule has 2 rings (SSSR count). The summed E-state index contributed by atoms with van der Waals surface area (Å²) in [6.45, 7) is 1.99. The lowest BCUT2D eigenvalue weighted by Gasteiger charge is -2.02. The number of aliphatic carboxylic acids is 1. The quantitative estimate of drug-likeness (QED) is 0.810. The fraction of sp³-hybridized carbons (Fsp3) is 0.167. The molecule has 0 atom stereocenters. The van der Waals surface area contributed by atoms with E-state index in [0.29, 0.717) is 0 Å². The molecule has 1 N–H and O–H groups in total. The van der Waals surface area contributed by atoms with Crippen LogP contribution in [-0.4, -0.2) is 16.1 Å². The Labute approximate surface area is 87.4 Å². The molecule has 0 fully saturated rings. The van der Waals surface area contributed by atoms with E-state index in [1.54, 1.807) is 6.20 Å². The monoisotopic (exact) mass is 201 g/mol. The van der Waals surface area contributed by atoms with E-state index in [1.165, 1.54) is 0 Å². The van der Waals surface area contributed by atoms with Crippen LogP contribution in [0.1, 0.15) is 11.1 Å². The van der Waals surface area contributed by atoms with Crippen molar-refractivity contribution < 1.29 is 9.90 Å². The normalized spacial score (nSPS) is 10.5. The lowest BCUT2D eigenvalue weighted by atomic mass is 10.1. The number of aryl methyl sites for hydroxylation is 1. The third-order valence-corrected chi connectivity index (χ3v) is 2.32. The van der Waals surface area contributed by atoms with E-state index in [9.17, 15) is 4.79 Å². The molecule has 1 aromatic carbocycles. The summed E-state index contributed by atoms with van der Waals surface area (Å²) in [6.07, 6.45) is 1.65. The number of benzene rings is 1. The van der Waals surface area contributed by atoms with Crippen molar-refractivity contribution in [2.45, 2.75) is 13.3 Å². The molecule has 1 aromatic heterocycles. The van der Waals surface area contributed by atoms with Gasteiger partial charge in [0.15, 0.2) is 0 Å². The summed E-state index contributed by atoms with van der Waals surface area (Å²) in [5.41, 5.74) is 2.78. The van der Waals surface area contributed by atoms with Gasteiger partial charge in [0.1, 0.15) is 0 Å². The number of carboxylic acid groups (broad SMARTS) is 1. The van der Waals surface area contributed by atoms with E-state index >= 15 is 0 Å². The van der Waals surface area contributed by atoms with Crippen molar-refractivity contribution in [3.05, 3.63) is 41.6 Å². The molecule has 3 nitrogen and oxygen atoms in total. The maximum Gasteiger partial charge on any atom is 0.307 e. The minimum Gasteiger partial charge on any atom is -0.481 e. The first-order valence-corrected chi connectivity index (χ1v) is 4.73. The molecule has 76 valence electrons. The molecule has 0 aliphatic rings. The maximum absolute atomic E-state index is 10.5. The van der Waals surface area contributed by atoms with Crippen LogP contribution in [0.2, 0.25) is 0 Å². The average Bonchev–Trinajstić information content (AvgIpc) is 2.17. The van der Waals surface area contributed by atoms with Crippen molar-refractivity contribution in [1.29, 1.82) is 0 Å². The van der Waals surface area contributed by atoms with Gasteiger partial charge in [-0.05, 0) is 24.1 Å². The Morgan fingerprint density at radius 2 is 2.27 bits per heavy atom. The highest BCUT2D eigenvalue weighted by Gasteiger charge is 2.03. The van der Waals surface area contributed by atoms with Crippen molar-refractivity contribution in [3.63, 3.8) is 0 Å². The van der Waals surface area contributed by atoms with Crippen LogP contribution in [0.15, 0.2) is 30.5 Å². The molecule has 0 aliphatic heterocycles. The molecule has 0 amide bonds. The third kappa shape index (κ3) is 1.96. The van der Waals surface area contributed by atoms with Gasteiger partial charge >= 0.3 is 5.97 Å². The second-order valence-electron chi connectivity index (χ2n) is 3.56. The zero-order valence-corrected chi connectivity index (χ0v) is 8.40. The number of hydrogen-bond acceptors (Lipinski definition) is 2. The zero-order chi connectivity index (χ0) is 10.8. The van der Waals surface area contributed by atoms with Crippen LogP contribution in [0.5, 0.6) is 0 Å². The summed E-state index contributed by atoms with van der Waals surface area (Å²) in [5, 5.41) is 9.66. The van der Waals surface area contributed by atoms with Gasteiger partial charge in [0.05, 0.1) is 11.9 Å². The predicted octanol–water partition coefficient (Wildman–Crippen LogP) is 2.17. The molecule has 0 spiro atoms. The van der Waals surface area contributed by atoms with Crippen molar-refractivity contribution in [2.75, 3.05) is 0 Å². The Kier molecular flexibility index (Phi) is 2.37. The smallest absolute Gasteiger partial charge is 0.307 e. The number of pyridine rings is 1. The minimum absolute atomic E-state index is 0.0247. The van der Waals surface area contributed by atoms with Crippen LogP contribution in [0.25, 0.3) is 10.9 Å². The largest absolute Gasteiger partial charge is 0.481 e. The summed E-state index contributed by atoms with van der Waals surface area (Å²) < 4.78 is 0. The Morgan fingerprint density at radius 1 is 1.47 bits per heavy atom. The van der Waals surface area contributed by atoms with Crippen molar-refractivity contribution in [3.8, 4) is 0 Å².